The van der Waals surface area contributed by atoms with Gasteiger partial charge >= 0.3 is 0 Å². The third-order valence-electron chi connectivity index (χ3n) is 5.35. The first-order chi connectivity index (χ1) is 15.6. The zero-order chi connectivity index (χ0) is 22.3. The minimum Gasteiger partial charge on any atom is -0.494 e. The fraction of sp³-hybridized carbons (Fsp3) is 0.320. The van der Waals surface area contributed by atoms with E-state index in [4.69, 9.17) is 9.72 Å². The van der Waals surface area contributed by atoms with Gasteiger partial charge in [0.2, 0.25) is 5.95 Å². The third kappa shape index (κ3) is 5.55. The van der Waals surface area contributed by atoms with Crippen molar-refractivity contribution in [1.29, 1.82) is 0 Å². The van der Waals surface area contributed by atoms with Crippen molar-refractivity contribution in [2.24, 2.45) is 0 Å². The Balaban J connectivity index is 1.39. The highest BCUT2D eigenvalue weighted by atomic mass is 16.5. The first-order valence-corrected chi connectivity index (χ1v) is 11.1. The molecule has 4 rings (SSSR count). The van der Waals surface area contributed by atoms with E-state index in [1.165, 1.54) is 19.3 Å². The van der Waals surface area contributed by atoms with E-state index in [0.29, 0.717) is 23.8 Å². The average molecular weight is 432 g/mol. The van der Waals surface area contributed by atoms with Crippen LogP contribution in [0, 0.1) is 6.92 Å². The number of ether oxygens (including phenoxy) is 1. The summed E-state index contributed by atoms with van der Waals surface area (Å²) in [7, 11) is 0. The topological polar surface area (TPSA) is 79.4 Å². The number of aromatic nitrogens is 2. The van der Waals surface area contributed by atoms with Crippen LogP contribution in [0.15, 0.2) is 54.6 Å². The molecule has 1 aliphatic rings. The number of piperidine rings is 1. The second-order valence-corrected chi connectivity index (χ2v) is 7.85. The normalized spacial score (nSPS) is 13.5. The minimum atomic E-state index is -0.165. The van der Waals surface area contributed by atoms with Gasteiger partial charge in [-0.1, -0.05) is 0 Å². The van der Waals surface area contributed by atoms with Gasteiger partial charge in [-0.15, -0.1) is 0 Å². The lowest BCUT2D eigenvalue weighted by molar-refractivity contribution is 0.102. The molecule has 166 valence electrons. The molecule has 1 saturated heterocycles. The predicted octanol–water partition coefficient (Wildman–Crippen LogP) is 5.17. The lowest BCUT2D eigenvalue weighted by Crippen LogP contribution is -2.30. The van der Waals surface area contributed by atoms with Gasteiger partial charge in [-0.25, -0.2) is 4.98 Å². The van der Waals surface area contributed by atoms with E-state index in [0.717, 1.165) is 36.0 Å². The Morgan fingerprint density at radius 3 is 2.34 bits per heavy atom. The Hall–Kier alpha value is -3.61. The summed E-state index contributed by atoms with van der Waals surface area (Å²) in [4.78, 5) is 24.0. The van der Waals surface area contributed by atoms with Gasteiger partial charge in [0.05, 0.1) is 6.61 Å². The molecule has 0 spiro atoms. The average Bonchev–Trinajstić information content (AvgIpc) is 2.81. The smallest absolute Gasteiger partial charge is 0.255 e. The van der Waals surface area contributed by atoms with Gasteiger partial charge in [-0.2, -0.15) is 4.98 Å². The van der Waals surface area contributed by atoms with Crippen molar-refractivity contribution in [3.8, 4) is 5.75 Å². The molecular formula is C25H29N5O2. The van der Waals surface area contributed by atoms with Crippen molar-refractivity contribution in [1.82, 2.24) is 9.97 Å². The van der Waals surface area contributed by atoms with Crippen molar-refractivity contribution in [3.63, 3.8) is 0 Å². The standard InChI is InChI=1S/C25H29N5O2/c1-3-32-22-13-7-19(8-14-22)24(31)27-20-9-11-21(12-10-20)28-25-26-18(2)17-23(29-25)30-15-5-4-6-16-30/h7-14,17H,3-6,15-16H2,1-2H3,(H,27,31)(H,26,28,29). The summed E-state index contributed by atoms with van der Waals surface area (Å²) in [6.45, 7) is 6.59. The summed E-state index contributed by atoms with van der Waals surface area (Å²) >= 11 is 0. The lowest BCUT2D eigenvalue weighted by Gasteiger charge is -2.28. The number of nitrogens with zero attached hydrogens (tertiary/aromatic N) is 3. The molecule has 1 aromatic heterocycles. The number of benzene rings is 2. The molecule has 0 atom stereocenters. The van der Waals surface area contributed by atoms with Gasteiger partial charge in [0.25, 0.3) is 5.91 Å². The molecule has 3 aromatic rings. The monoisotopic (exact) mass is 431 g/mol. The van der Waals surface area contributed by atoms with Crippen LogP contribution in [0.3, 0.4) is 0 Å². The van der Waals surface area contributed by atoms with E-state index in [1.54, 1.807) is 24.3 Å². The second-order valence-electron chi connectivity index (χ2n) is 7.85. The molecule has 0 unspecified atom stereocenters. The van der Waals surface area contributed by atoms with Crippen LogP contribution >= 0.6 is 0 Å². The second kappa shape index (κ2) is 10.1. The summed E-state index contributed by atoms with van der Waals surface area (Å²) in [6.07, 6.45) is 3.69. The van der Waals surface area contributed by atoms with Gasteiger partial charge in [-0.05, 0) is 81.6 Å². The Bertz CT molecular complexity index is 1040. The van der Waals surface area contributed by atoms with E-state index in [2.05, 4.69) is 20.5 Å². The Labute approximate surface area is 188 Å². The molecule has 0 aliphatic carbocycles. The highest BCUT2D eigenvalue weighted by Gasteiger charge is 2.14. The van der Waals surface area contributed by atoms with E-state index in [9.17, 15) is 4.79 Å². The van der Waals surface area contributed by atoms with Crippen molar-refractivity contribution < 1.29 is 9.53 Å². The Morgan fingerprint density at radius 2 is 1.66 bits per heavy atom. The highest BCUT2D eigenvalue weighted by Crippen LogP contribution is 2.22. The molecule has 7 heteroatoms. The summed E-state index contributed by atoms with van der Waals surface area (Å²) in [6, 6.07) is 16.7. The van der Waals surface area contributed by atoms with Gasteiger partial charge in [0, 0.05) is 41.8 Å². The molecule has 1 fully saturated rings. The fourth-order valence-corrected chi connectivity index (χ4v) is 3.73. The molecule has 1 amide bonds. The van der Waals surface area contributed by atoms with Crippen LogP contribution in [0.25, 0.3) is 0 Å². The van der Waals surface area contributed by atoms with Gasteiger partial charge < -0.3 is 20.3 Å². The fourth-order valence-electron chi connectivity index (χ4n) is 3.73. The molecule has 2 aromatic carbocycles. The van der Waals surface area contributed by atoms with E-state index in [1.807, 2.05) is 44.2 Å². The SMILES string of the molecule is CCOc1ccc(C(=O)Nc2ccc(Nc3nc(C)cc(N4CCCCC4)n3)cc2)cc1. The molecule has 0 bridgehead atoms. The quantitative estimate of drug-likeness (QED) is 0.537. The maximum absolute atomic E-state index is 12.5. The highest BCUT2D eigenvalue weighted by molar-refractivity contribution is 6.04. The van der Waals surface area contributed by atoms with Crippen LogP contribution < -0.4 is 20.3 Å². The molecule has 2 heterocycles. The maximum Gasteiger partial charge on any atom is 0.255 e. The summed E-state index contributed by atoms with van der Waals surface area (Å²) in [5.41, 5.74) is 3.09. The maximum atomic E-state index is 12.5. The van der Waals surface area contributed by atoms with E-state index in [-0.39, 0.29) is 5.91 Å². The number of hydrogen-bond donors (Lipinski definition) is 2. The number of nitrogens with one attached hydrogen (secondary N) is 2. The summed E-state index contributed by atoms with van der Waals surface area (Å²) in [5.74, 6) is 2.14. The van der Waals surface area contributed by atoms with Gasteiger partial charge in [-0.3, -0.25) is 4.79 Å². The molecule has 0 radical (unpaired) electrons. The zero-order valence-corrected chi connectivity index (χ0v) is 18.6. The Morgan fingerprint density at radius 1 is 0.969 bits per heavy atom. The van der Waals surface area contributed by atoms with Crippen molar-refractivity contribution in [2.75, 3.05) is 35.2 Å². The number of amides is 1. The van der Waals surface area contributed by atoms with Crippen molar-refractivity contribution in [2.45, 2.75) is 33.1 Å². The van der Waals surface area contributed by atoms with Crippen molar-refractivity contribution >= 4 is 29.0 Å². The molecule has 32 heavy (non-hydrogen) atoms. The summed E-state index contributed by atoms with van der Waals surface area (Å²) in [5, 5.41) is 6.20. The number of carbonyl (C=O) groups is 1. The molecule has 0 saturated carbocycles. The van der Waals surface area contributed by atoms with Crippen LogP contribution in [0.1, 0.15) is 42.2 Å². The molecular weight excluding hydrogens is 402 g/mol. The van der Waals surface area contributed by atoms with Crippen molar-refractivity contribution in [3.05, 3.63) is 65.9 Å². The van der Waals surface area contributed by atoms with Crippen LogP contribution in [-0.4, -0.2) is 35.6 Å². The lowest BCUT2D eigenvalue weighted by atomic mass is 10.1. The zero-order valence-electron chi connectivity index (χ0n) is 18.6. The number of carbonyl (C=O) groups excluding carboxylic acids is 1. The summed E-state index contributed by atoms with van der Waals surface area (Å²) < 4.78 is 5.42. The Kier molecular flexibility index (Phi) is 6.84. The number of hydrogen-bond acceptors (Lipinski definition) is 6. The largest absolute Gasteiger partial charge is 0.494 e. The van der Waals surface area contributed by atoms with E-state index >= 15 is 0 Å². The number of anilines is 4. The van der Waals surface area contributed by atoms with Crippen LogP contribution in [-0.2, 0) is 0 Å². The number of aryl methyl sites for hydroxylation is 1. The number of rotatable bonds is 7. The minimum absolute atomic E-state index is 0.165. The van der Waals surface area contributed by atoms with Crippen LogP contribution in [0.4, 0.5) is 23.1 Å². The van der Waals surface area contributed by atoms with Gasteiger partial charge in [0.1, 0.15) is 11.6 Å². The van der Waals surface area contributed by atoms with Crippen LogP contribution in [0.5, 0.6) is 5.75 Å². The van der Waals surface area contributed by atoms with E-state index < -0.39 is 0 Å². The molecule has 7 nitrogen and oxygen atoms in total. The first kappa shape index (κ1) is 21.6. The third-order valence-corrected chi connectivity index (χ3v) is 5.35. The first-order valence-electron chi connectivity index (χ1n) is 11.1. The predicted molar refractivity (Wildman–Crippen MR) is 128 cm³/mol. The molecule has 1 aliphatic heterocycles. The van der Waals surface area contributed by atoms with Gasteiger partial charge in [0.15, 0.2) is 0 Å². The van der Waals surface area contributed by atoms with Crippen LogP contribution in [0.2, 0.25) is 0 Å². The molecule has 2 N–H and O–H groups in total.